The molecule has 0 unspecified atom stereocenters. The summed E-state index contributed by atoms with van der Waals surface area (Å²) in [5.41, 5.74) is -0.344. The first-order valence-electron chi connectivity index (χ1n) is 7.22. The molecule has 0 bridgehead atoms. The number of rotatable bonds is 5. The fourth-order valence-electron chi connectivity index (χ4n) is 2.03. The molecule has 2 aromatic heterocycles. The summed E-state index contributed by atoms with van der Waals surface area (Å²) in [6, 6.07) is 7.12. The topological polar surface area (TPSA) is 68.0 Å². The van der Waals surface area contributed by atoms with E-state index in [1.807, 2.05) is 6.07 Å². The summed E-state index contributed by atoms with van der Waals surface area (Å²) < 4.78 is 32.5. The second-order valence-corrected chi connectivity index (χ2v) is 6.08. The molecule has 0 aliphatic heterocycles. The van der Waals surface area contributed by atoms with Gasteiger partial charge < -0.3 is 9.84 Å². The van der Waals surface area contributed by atoms with Crippen LogP contribution in [0.1, 0.15) is 18.2 Å². The zero-order chi connectivity index (χ0) is 17.1. The molecule has 1 N–H and O–H groups in total. The molecular weight excluding hydrogens is 336 g/mol. The predicted octanol–water partition coefficient (Wildman–Crippen LogP) is 3.77. The van der Waals surface area contributed by atoms with Crippen molar-refractivity contribution in [1.82, 2.24) is 15.5 Å². The van der Waals surface area contributed by atoms with E-state index in [2.05, 4.69) is 15.5 Å². The third-order valence-electron chi connectivity index (χ3n) is 3.27. The van der Waals surface area contributed by atoms with E-state index in [1.165, 1.54) is 17.4 Å². The average Bonchev–Trinajstić information content (AvgIpc) is 3.21. The first kappa shape index (κ1) is 16.3. The summed E-state index contributed by atoms with van der Waals surface area (Å²) in [6.45, 7) is 2.18. The van der Waals surface area contributed by atoms with Gasteiger partial charge in [-0.1, -0.05) is 18.1 Å². The summed E-state index contributed by atoms with van der Waals surface area (Å²) in [7, 11) is 0. The number of nitrogens with zero attached hydrogens (tertiary/aromatic N) is 2. The van der Waals surface area contributed by atoms with Crippen molar-refractivity contribution in [3.63, 3.8) is 0 Å². The minimum Gasteiger partial charge on any atom is -0.351 e. The Kier molecular flexibility index (Phi) is 4.66. The largest absolute Gasteiger partial charge is 0.351 e. The maximum Gasteiger partial charge on any atom is 0.264 e. The zero-order valence-corrected chi connectivity index (χ0v) is 13.5. The standard InChI is InChI=1S/C16H13F2N3O2S/c1-2-13(22)19-8-9-6-7-12(24-9)15-20-16(23-21-15)14-10(17)4-3-5-11(14)18/h3-7H,2,8H2,1H3,(H,19,22). The molecule has 1 aromatic carbocycles. The molecule has 2 heterocycles. The first-order chi connectivity index (χ1) is 11.6. The molecule has 0 spiro atoms. The van der Waals surface area contributed by atoms with Crippen molar-refractivity contribution in [2.45, 2.75) is 19.9 Å². The van der Waals surface area contributed by atoms with Crippen molar-refractivity contribution >= 4 is 17.2 Å². The summed E-state index contributed by atoms with van der Waals surface area (Å²) in [4.78, 5) is 16.9. The summed E-state index contributed by atoms with van der Waals surface area (Å²) in [5, 5.41) is 6.54. The Hall–Kier alpha value is -2.61. The van der Waals surface area contributed by atoms with Gasteiger partial charge >= 0.3 is 0 Å². The molecule has 0 fully saturated rings. The molecular formula is C16H13F2N3O2S. The molecule has 0 saturated heterocycles. The van der Waals surface area contributed by atoms with Crippen molar-refractivity contribution in [3.05, 3.63) is 46.8 Å². The Morgan fingerprint density at radius 3 is 2.71 bits per heavy atom. The lowest BCUT2D eigenvalue weighted by atomic mass is 10.2. The van der Waals surface area contributed by atoms with Gasteiger partial charge in [-0.15, -0.1) is 11.3 Å². The number of nitrogens with one attached hydrogen (secondary N) is 1. The highest BCUT2D eigenvalue weighted by molar-refractivity contribution is 7.15. The van der Waals surface area contributed by atoms with Crippen molar-refractivity contribution < 1.29 is 18.1 Å². The van der Waals surface area contributed by atoms with E-state index in [-0.39, 0.29) is 23.2 Å². The number of halogens is 2. The number of hydrogen-bond donors (Lipinski definition) is 1. The van der Waals surface area contributed by atoms with Crippen LogP contribution in [0.2, 0.25) is 0 Å². The summed E-state index contributed by atoms with van der Waals surface area (Å²) in [6.07, 6.45) is 0.417. The van der Waals surface area contributed by atoms with Gasteiger partial charge in [0.05, 0.1) is 11.4 Å². The lowest BCUT2D eigenvalue weighted by Crippen LogP contribution is -2.20. The Morgan fingerprint density at radius 1 is 1.25 bits per heavy atom. The smallest absolute Gasteiger partial charge is 0.264 e. The first-order valence-corrected chi connectivity index (χ1v) is 8.04. The van der Waals surface area contributed by atoms with Gasteiger partial charge in [-0.05, 0) is 24.3 Å². The molecule has 124 valence electrons. The molecule has 5 nitrogen and oxygen atoms in total. The molecule has 3 rings (SSSR count). The Balaban J connectivity index is 1.81. The highest BCUT2D eigenvalue weighted by atomic mass is 32.1. The molecule has 0 radical (unpaired) electrons. The zero-order valence-electron chi connectivity index (χ0n) is 12.7. The average molecular weight is 349 g/mol. The Bertz CT molecular complexity index is 856. The van der Waals surface area contributed by atoms with Crippen LogP contribution in [0.4, 0.5) is 8.78 Å². The highest BCUT2D eigenvalue weighted by Crippen LogP contribution is 2.30. The van der Waals surface area contributed by atoms with Crippen LogP contribution in [-0.4, -0.2) is 16.0 Å². The third kappa shape index (κ3) is 3.33. The monoisotopic (exact) mass is 349 g/mol. The van der Waals surface area contributed by atoms with Crippen molar-refractivity contribution in [1.29, 1.82) is 0 Å². The quantitative estimate of drug-likeness (QED) is 0.761. The second-order valence-electron chi connectivity index (χ2n) is 4.92. The van der Waals surface area contributed by atoms with Gasteiger partial charge in [-0.3, -0.25) is 4.79 Å². The van der Waals surface area contributed by atoms with Gasteiger partial charge in [0, 0.05) is 11.3 Å². The predicted molar refractivity (Wildman–Crippen MR) is 85.1 cm³/mol. The Labute approximate surface area is 140 Å². The van der Waals surface area contributed by atoms with Crippen molar-refractivity contribution in [3.8, 4) is 22.2 Å². The van der Waals surface area contributed by atoms with Gasteiger partial charge in [-0.2, -0.15) is 4.98 Å². The van der Waals surface area contributed by atoms with E-state index in [9.17, 15) is 13.6 Å². The normalized spacial score (nSPS) is 10.8. The fourth-order valence-corrected chi connectivity index (χ4v) is 2.90. The van der Waals surface area contributed by atoms with Gasteiger partial charge in [0.1, 0.15) is 17.2 Å². The Morgan fingerprint density at radius 2 is 2.00 bits per heavy atom. The van der Waals surface area contributed by atoms with Crippen LogP contribution >= 0.6 is 11.3 Å². The van der Waals surface area contributed by atoms with Crippen LogP contribution in [0.25, 0.3) is 22.2 Å². The van der Waals surface area contributed by atoms with E-state index in [1.54, 1.807) is 13.0 Å². The maximum atomic E-state index is 13.8. The van der Waals surface area contributed by atoms with Crippen LogP contribution < -0.4 is 5.32 Å². The van der Waals surface area contributed by atoms with Crippen LogP contribution in [-0.2, 0) is 11.3 Å². The van der Waals surface area contributed by atoms with Crippen molar-refractivity contribution in [2.75, 3.05) is 0 Å². The van der Waals surface area contributed by atoms with Gasteiger partial charge in [-0.25, -0.2) is 8.78 Å². The lowest BCUT2D eigenvalue weighted by Gasteiger charge is -1.99. The summed E-state index contributed by atoms with van der Waals surface area (Å²) >= 11 is 1.37. The number of aromatic nitrogens is 2. The number of benzene rings is 1. The molecule has 24 heavy (non-hydrogen) atoms. The number of amides is 1. The molecule has 0 atom stereocenters. The molecule has 8 heteroatoms. The molecule has 1 amide bonds. The molecule has 0 saturated carbocycles. The van der Waals surface area contributed by atoms with Crippen LogP contribution in [0, 0.1) is 11.6 Å². The minimum absolute atomic E-state index is 0.0400. The van der Waals surface area contributed by atoms with E-state index in [4.69, 9.17) is 4.52 Å². The molecule has 0 aliphatic rings. The van der Waals surface area contributed by atoms with E-state index in [0.29, 0.717) is 17.8 Å². The molecule has 3 aromatic rings. The van der Waals surface area contributed by atoms with Crippen molar-refractivity contribution in [2.24, 2.45) is 0 Å². The van der Waals surface area contributed by atoms with Gasteiger partial charge in [0.15, 0.2) is 0 Å². The number of hydrogen-bond acceptors (Lipinski definition) is 5. The third-order valence-corrected chi connectivity index (χ3v) is 4.35. The van der Waals surface area contributed by atoms with Gasteiger partial charge in [0.25, 0.3) is 5.89 Å². The van der Waals surface area contributed by atoms with Gasteiger partial charge in [0.2, 0.25) is 11.7 Å². The minimum atomic E-state index is -0.764. The van der Waals surface area contributed by atoms with E-state index in [0.717, 1.165) is 17.0 Å². The summed E-state index contributed by atoms with van der Waals surface area (Å²) in [5.74, 6) is -1.54. The number of carbonyl (C=O) groups is 1. The number of carbonyl (C=O) groups excluding carboxylic acids is 1. The lowest BCUT2D eigenvalue weighted by molar-refractivity contribution is -0.120. The van der Waals surface area contributed by atoms with Crippen LogP contribution in [0.5, 0.6) is 0 Å². The second kappa shape index (κ2) is 6.88. The molecule has 0 aliphatic carbocycles. The van der Waals surface area contributed by atoms with Crippen LogP contribution in [0.3, 0.4) is 0 Å². The van der Waals surface area contributed by atoms with Crippen LogP contribution in [0.15, 0.2) is 34.9 Å². The van der Waals surface area contributed by atoms with E-state index < -0.39 is 11.6 Å². The number of thiophene rings is 1. The SMILES string of the molecule is CCC(=O)NCc1ccc(-c2noc(-c3c(F)cccc3F)n2)s1. The maximum absolute atomic E-state index is 13.8. The van der Waals surface area contributed by atoms with E-state index >= 15 is 0 Å². The highest BCUT2D eigenvalue weighted by Gasteiger charge is 2.19. The fraction of sp³-hybridized carbons (Fsp3) is 0.188.